The van der Waals surface area contributed by atoms with Crippen molar-refractivity contribution in [1.29, 1.82) is 0 Å². The van der Waals surface area contributed by atoms with Crippen LogP contribution in [0.5, 0.6) is 0 Å². The van der Waals surface area contributed by atoms with Gasteiger partial charge in [0.25, 0.3) is 0 Å². The zero-order valence-electron chi connectivity index (χ0n) is 15.1. The van der Waals surface area contributed by atoms with Gasteiger partial charge >= 0.3 is 11.9 Å². The minimum atomic E-state index is -0.827. The largest absolute Gasteiger partial charge is 0.457 e. The molecule has 1 N–H and O–H groups in total. The molecule has 0 amide bonds. The number of carbonyl (C=O) groups is 2. The van der Waals surface area contributed by atoms with Gasteiger partial charge < -0.3 is 14.6 Å². The van der Waals surface area contributed by atoms with Crippen LogP contribution in [-0.4, -0.2) is 35.4 Å². The molecule has 5 heteroatoms. The number of aliphatic hydroxyl groups excluding tert-OH is 1. The van der Waals surface area contributed by atoms with Gasteiger partial charge in [0.1, 0.15) is 12.2 Å². The summed E-state index contributed by atoms with van der Waals surface area (Å²) in [5.74, 6) is -0.109. The molecule has 5 rings (SSSR count). The number of carbonyl (C=O) groups excluding carboxylic acids is 2. The van der Waals surface area contributed by atoms with Crippen molar-refractivity contribution < 1.29 is 24.2 Å². The average Bonchev–Trinajstić information content (AvgIpc) is 2.99. The van der Waals surface area contributed by atoms with Gasteiger partial charge in [0.2, 0.25) is 0 Å². The zero-order chi connectivity index (χ0) is 17.8. The van der Waals surface area contributed by atoms with E-state index in [1.807, 2.05) is 6.92 Å². The number of esters is 2. The van der Waals surface area contributed by atoms with Crippen LogP contribution < -0.4 is 0 Å². The topological polar surface area (TPSA) is 72.8 Å². The zero-order valence-corrected chi connectivity index (χ0v) is 15.1. The molecular formula is C20H26O5. The number of hydrogen-bond donors (Lipinski definition) is 1. The van der Waals surface area contributed by atoms with E-state index in [9.17, 15) is 14.7 Å². The third-order valence-electron chi connectivity index (χ3n) is 8.31. The highest BCUT2D eigenvalue weighted by molar-refractivity contribution is 5.81. The van der Waals surface area contributed by atoms with E-state index >= 15 is 0 Å². The van der Waals surface area contributed by atoms with Crippen molar-refractivity contribution >= 4 is 11.9 Å². The predicted octanol–water partition coefficient (Wildman–Crippen LogP) is 2.37. The molecule has 8 atom stereocenters. The minimum absolute atomic E-state index is 0.00791. The maximum atomic E-state index is 12.7. The number of ether oxygens (including phenoxy) is 2. The first-order valence-corrected chi connectivity index (χ1v) is 9.50. The molecule has 3 aliphatic carbocycles. The van der Waals surface area contributed by atoms with Crippen LogP contribution in [0.25, 0.3) is 0 Å². The summed E-state index contributed by atoms with van der Waals surface area (Å²) in [6.45, 7) is 6.28. The molecule has 1 unspecified atom stereocenters. The van der Waals surface area contributed by atoms with E-state index in [-0.39, 0.29) is 40.9 Å². The van der Waals surface area contributed by atoms with Gasteiger partial charge in [-0.15, -0.1) is 0 Å². The summed E-state index contributed by atoms with van der Waals surface area (Å²) in [5.41, 5.74) is 0.0950. The molecule has 5 nitrogen and oxygen atoms in total. The lowest BCUT2D eigenvalue weighted by Gasteiger charge is -2.58. The smallest absolute Gasteiger partial charge is 0.315 e. The Kier molecular flexibility index (Phi) is 2.84. The lowest BCUT2D eigenvalue weighted by molar-refractivity contribution is -0.159. The highest BCUT2D eigenvalue weighted by Gasteiger charge is 2.70. The second-order valence-corrected chi connectivity index (χ2v) is 9.65. The SMILES string of the molecule is C[C@@]12CC[C@H]3C(=CC4OC(=O)[C@@]5(C)[C@H](O)CC[C@@]3(C)[C@@H]45)[C@H]1OC(=O)C2. The lowest BCUT2D eigenvalue weighted by Crippen LogP contribution is -2.59. The average molecular weight is 346 g/mol. The summed E-state index contributed by atoms with van der Waals surface area (Å²) in [5, 5.41) is 10.6. The maximum Gasteiger partial charge on any atom is 0.315 e. The minimum Gasteiger partial charge on any atom is -0.457 e. The Hall–Kier alpha value is -1.36. The quantitative estimate of drug-likeness (QED) is 0.538. The van der Waals surface area contributed by atoms with E-state index in [2.05, 4.69) is 19.9 Å². The molecule has 0 aromatic carbocycles. The first-order valence-electron chi connectivity index (χ1n) is 9.50. The summed E-state index contributed by atoms with van der Waals surface area (Å²) in [6, 6.07) is 0. The Balaban J connectivity index is 1.65. The Bertz CT molecular complexity index is 713. The van der Waals surface area contributed by atoms with Gasteiger partial charge in [0.05, 0.1) is 17.9 Å². The summed E-state index contributed by atoms with van der Waals surface area (Å²) < 4.78 is 11.5. The molecule has 2 heterocycles. The fourth-order valence-corrected chi connectivity index (χ4v) is 6.97. The van der Waals surface area contributed by atoms with Crippen LogP contribution in [0.2, 0.25) is 0 Å². The maximum absolute atomic E-state index is 12.7. The molecule has 4 fully saturated rings. The predicted molar refractivity (Wildman–Crippen MR) is 88.2 cm³/mol. The van der Waals surface area contributed by atoms with E-state index < -0.39 is 11.5 Å². The Morgan fingerprint density at radius 2 is 1.88 bits per heavy atom. The third-order valence-corrected chi connectivity index (χ3v) is 8.31. The van der Waals surface area contributed by atoms with Crippen molar-refractivity contribution in [3.05, 3.63) is 11.6 Å². The fraction of sp³-hybridized carbons (Fsp3) is 0.800. The fourth-order valence-electron chi connectivity index (χ4n) is 6.97. The van der Waals surface area contributed by atoms with Gasteiger partial charge in [-0.3, -0.25) is 9.59 Å². The standard InChI is InChI=1S/C20H26O5/c1-18-6-4-11-10(16(18)25-14(22)9-18)8-12-15-19(11,2)7-5-13(21)20(15,3)17(23)24-12/h8,11-13,15-16,21H,4-7,9H2,1-3H3/t11-,12?,13+,15+,16+,18-,19+,20-/m0/s1. The van der Waals surface area contributed by atoms with Gasteiger partial charge in [-0.1, -0.05) is 13.8 Å². The number of hydrogen-bond acceptors (Lipinski definition) is 5. The van der Waals surface area contributed by atoms with Crippen LogP contribution in [0.1, 0.15) is 52.9 Å². The number of rotatable bonds is 0. The molecule has 5 aliphatic rings. The molecule has 0 bridgehead atoms. The van der Waals surface area contributed by atoms with Crippen LogP contribution in [-0.2, 0) is 19.1 Å². The molecule has 0 aromatic rings. The Morgan fingerprint density at radius 3 is 2.64 bits per heavy atom. The van der Waals surface area contributed by atoms with Crippen molar-refractivity contribution in [2.24, 2.45) is 28.1 Å². The van der Waals surface area contributed by atoms with Crippen molar-refractivity contribution in [3.63, 3.8) is 0 Å². The van der Waals surface area contributed by atoms with Gasteiger partial charge in [-0.05, 0) is 55.6 Å². The molecule has 0 spiro atoms. The van der Waals surface area contributed by atoms with Gasteiger partial charge in [0, 0.05) is 11.3 Å². The van der Waals surface area contributed by atoms with Crippen molar-refractivity contribution in [3.8, 4) is 0 Å². The van der Waals surface area contributed by atoms with E-state index in [1.165, 1.54) is 0 Å². The van der Waals surface area contributed by atoms with Crippen LogP contribution in [0.3, 0.4) is 0 Å². The molecule has 25 heavy (non-hydrogen) atoms. The van der Waals surface area contributed by atoms with Crippen LogP contribution in [0, 0.1) is 28.1 Å². The first kappa shape index (κ1) is 15.9. The van der Waals surface area contributed by atoms with E-state index in [4.69, 9.17) is 9.47 Å². The lowest BCUT2D eigenvalue weighted by atomic mass is 9.44. The van der Waals surface area contributed by atoms with E-state index in [0.717, 1.165) is 24.8 Å². The van der Waals surface area contributed by atoms with Crippen molar-refractivity contribution in [1.82, 2.24) is 0 Å². The Morgan fingerprint density at radius 1 is 1.12 bits per heavy atom. The first-order chi connectivity index (χ1) is 11.7. The third kappa shape index (κ3) is 1.69. The molecule has 0 radical (unpaired) electrons. The normalized spacial score (nSPS) is 56.3. The number of fused-ring (bicyclic) bond motifs is 4. The van der Waals surface area contributed by atoms with Gasteiger partial charge in [-0.2, -0.15) is 0 Å². The van der Waals surface area contributed by atoms with E-state index in [1.54, 1.807) is 0 Å². The summed E-state index contributed by atoms with van der Waals surface area (Å²) >= 11 is 0. The second kappa shape index (κ2) is 4.48. The van der Waals surface area contributed by atoms with Crippen LogP contribution >= 0.6 is 0 Å². The van der Waals surface area contributed by atoms with Gasteiger partial charge in [0.15, 0.2) is 0 Å². The summed E-state index contributed by atoms with van der Waals surface area (Å²) in [7, 11) is 0. The highest BCUT2D eigenvalue weighted by atomic mass is 16.6. The second-order valence-electron chi connectivity index (χ2n) is 9.65. The molecular weight excluding hydrogens is 320 g/mol. The van der Waals surface area contributed by atoms with Crippen LogP contribution in [0.15, 0.2) is 11.6 Å². The number of aliphatic hydroxyl groups is 1. The molecule has 2 aliphatic heterocycles. The molecule has 2 saturated heterocycles. The summed E-state index contributed by atoms with van der Waals surface area (Å²) in [6.07, 6.45) is 4.87. The Labute approximate surface area is 147 Å². The van der Waals surface area contributed by atoms with Crippen LogP contribution in [0.4, 0.5) is 0 Å². The van der Waals surface area contributed by atoms with E-state index in [0.29, 0.717) is 18.8 Å². The van der Waals surface area contributed by atoms with Gasteiger partial charge in [-0.25, -0.2) is 0 Å². The van der Waals surface area contributed by atoms with Crippen molar-refractivity contribution in [2.75, 3.05) is 0 Å². The molecule has 136 valence electrons. The monoisotopic (exact) mass is 346 g/mol. The molecule has 2 saturated carbocycles. The van der Waals surface area contributed by atoms with Crippen molar-refractivity contribution in [2.45, 2.75) is 71.2 Å². The molecule has 0 aromatic heterocycles. The summed E-state index contributed by atoms with van der Waals surface area (Å²) in [4.78, 5) is 24.7. The highest BCUT2D eigenvalue weighted by Crippen LogP contribution is 2.67.